The fourth-order valence-electron chi connectivity index (χ4n) is 2.06. The summed E-state index contributed by atoms with van der Waals surface area (Å²) in [4.78, 5) is 12.3. The topological polar surface area (TPSA) is 93.7 Å². The molecular weight excluding hydrogens is 344 g/mol. The maximum absolute atomic E-state index is 12.3. The minimum atomic E-state index is -3.83. The van der Waals surface area contributed by atoms with Crippen LogP contribution in [0, 0.1) is 0 Å². The molecule has 8 heteroatoms. The Bertz CT molecular complexity index is 834. The average Bonchev–Trinajstić information content (AvgIpc) is 2.61. The lowest BCUT2D eigenvalue weighted by Crippen LogP contribution is -2.41. The number of carbonyl (C=O) groups excluding carboxylic acids is 1. The monoisotopic (exact) mass is 364 g/mol. The van der Waals surface area contributed by atoms with E-state index in [0.29, 0.717) is 17.2 Å². The van der Waals surface area contributed by atoms with Gasteiger partial charge < -0.3 is 14.8 Å². The summed E-state index contributed by atoms with van der Waals surface area (Å²) in [5.74, 6) is 0.650. The van der Waals surface area contributed by atoms with E-state index in [4.69, 9.17) is 9.47 Å². The molecule has 7 nitrogen and oxygen atoms in total. The number of benzene rings is 2. The Kier molecular flexibility index (Phi) is 6.00. The Morgan fingerprint density at radius 1 is 1.00 bits per heavy atom. The summed E-state index contributed by atoms with van der Waals surface area (Å²) in [7, 11) is -0.813. The van der Waals surface area contributed by atoms with Crippen molar-refractivity contribution in [3.05, 3.63) is 48.5 Å². The van der Waals surface area contributed by atoms with Crippen molar-refractivity contribution in [2.24, 2.45) is 0 Å². The number of hydrogen-bond acceptors (Lipinski definition) is 5. The molecule has 2 N–H and O–H groups in total. The zero-order chi connectivity index (χ0) is 18.4. The van der Waals surface area contributed by atoms with E-state index in [2.05, 4.69) is 10.0 Å². The molecule has 0 spiro atoms. The fraction of sp³-hybridized carbons (Fsp3) is 0.235. The Hall–Kier alpha value is -2.58. The second-order valence-electron chi connectivity index (χ2n) is 5.24. The molecule has 2 aromatic carbocycles. The molecule has 0 unspecified atom stereocenters. The van der Waals surface area contributed by atoms with Crippen molar-refractivity contribution in [3.8, 4) is 11.5 Å². The van der Waals surface area contributed by atoms with Crippen molar-refractivity contribution >= 4 is 21.6 Å². The highest BCUT2D eigenvalue weighted by Crippen LogP contribution is 2.18. The third-order valence-electron chi connectivity index (χ3n) is 3.43. The van der Waals surface area contributed by atoms with Crippen LogP contribution in [0.25, 0.3) is 0 Å². The van der Waals surface area contributed by atoms with Gasteiger partial charge in [-0.2, -0.15) is 4.72 Å². The Morgan fingerprint density at radius 3 is 2.24 bits per heavy atom. The molecule has 0 saturated heterocycles. The maximum atomic E-state index is 12.3. The highest BCUT2D eigenvalue weighted by atomic mass is 32.2. The van der Waals surface area contributed by atoms with E-state index in [0.717, 1.165) is 0 Å². The first kappa shape index (κ1) is 18.8. The molecule has 25 heavy (non-hydrogen) atoms. The van der Waals surface area contributed by atoms with Gasteiger partial charge >= 0.3 is 0 Å². The SMILES string of the molecule is COc1ccc(S(=O)(=O)N[C@H](C)C(=O)Nc2cccc(OC)c2)cc1. The van der Waals surface area contributed by atoms with E-state index < -0.39 is 22.0 Å². The van der Waals surface area contributed by atoms with E-state index in [1.807, 2.05) is 0 Å². The van der Waals surface area contributed by atoms with E-state index in [1.165, 1.54) is 45.4 Å². The Balaban J connectivity index is 2.05. The summed E-state index contributed by atoms with van der Waals surface area (Å²) in [5.41, 5.74) is 0.514. The van der Waals surface area contributed by atoms with E-state index >= 15 is 0 Å². The number of anilines is 1. The third kappa shape index (κ3) is 4.94. The molecule has 1 atom stereocenters. The lowest BCUT2D eigenvalue weighted by Gasteiger charge is -2.15. The molecule has 1 amide bonds. The molecule has 2 rings (SSSR count). The van der Waals surface area contributed by atoms with Crippen molar-refractivity contribution in [1.29, 1.82) is 0 Å². The highest BCUT2D eigenvalue weighted by molar-refractivity contribution is 7.89. The maximum Gasteiger partial charge on any atom is 0.242 e. The first-order valence-electron chi connectivity index (χ1n) is 7.47. The number of carbonyl (C=O) groups is 1. The molecule has 0 heterocycles. The predicted molar refractivity (Wildman–Crippen MR) is 94.4 cm³/mol. The number of hydrogen-bond donors (Lipinski definition) is 2. The van der Waals surface area contributed by atoms with Crippen LogP contribution >= 0.6 is 0 Å². The molecule has 0 aromatic heterocycles. The molecular formula is C17H20N2O5S. The fourth-order valence-corrected chi connectivity index (χ4v) is 3.26. The normalized spacial score (nSPS) is 12.3. The second kappa shape index (κ2) is 8.00. The number of methoxy groups -OCH3 is 2. The smallest absolute Gasteiger partial charge is 0.242 e. The summed E-state index contributed by atoms with van der Waals surface area (Å²) in [6.07, 6.45) is 0. The molecule has 0 saturated carbocycles. The summed E-state index contributed by atoms with van der Waals surface area (Å²) >= 11 is 0. The molecule has 2 aromatic rings. The zero-order valence-corrected chi connectivity index (χ0v) is 15.0. The minimum absolute atomic E-state index is 0.0503. The molecule has 0 radical (unpaired) electrons. The van der Waals surface area contributed by atoms with Gasteiger partial charge in [0.15, 0.2) is 0 Å². The van der Waals surface area contributed by atoms with Crippen LogP contribution in [0.4, 0.5) is 5.69 Å². The third-order valence-corrected chi connectivity index (χ3v) is 4.99. The summed E-state index contributed by atoms with van der Waals surface area (Å²) in [6.45, 7) is 1.47. The quantitative estimate of drug-likeness (QED) is 0.784. The second-order valence-corrected chi connectivity index (χ2v) is 6.95. The number of nitrogens with one attached hydrogen (secondary N) is 2. The zero-order valence-electron chi connectivity index (χ0n) is 14.1. The van der Waals surface area contributed by atoms with Gasteiger partial charge in [0.25, 0.3) is 0 Å². The van der Waals surface area contributed by atoms with Gasteiger partial charge in [0.1, 0.15) is 11.5 Å². The van der Waals surface area contributed by atoms with Gasteiger partial charge in [-0.15, -0.1) is 0 Å². The lowest BCUT2D eigenvalue weighted by molar-refractivity contribution is -0.117. The van der Waals surface area contributed by atoms with Crippen molar-refractivity contribution < 1.29 is 22.7 Å². The van der Waals surface area contributed by atoms with Crippen LogP contribution in [0.2, 0.25) is 0 Å². The average molecular weight is 364 g/mol. The van der Waals surface area contributed by atoms with E-state index in [1.54, 1.807) is 24.3 Å². The van der Waals surface area contributed by atoms with Crippen LogP contribution in [0.1, 0.15) is 6.92 Å². The van der Waals surface area contributed by atoms with Crippen LogP contribution in [-0.2, 0) is 14.8 Å². The summed E-state index contributed by atoms with van der Waals surface area (Å²) < 4.78 is 37.1. The van der Waals surface area contributed by atoms with E-state index in [9.17, 15) is 13.2 Å². The van der Waals surface area contributed by atoms with Gasteiger partial charge in [-0.1, -0.05) is 6.07 Å². The standard InChI is InChI=1S/C17H20N2O5S/c1-12(17(20)18-13-5-4-6-15(11-13)24-3)19-25(21,22)16-9-7-14(23-2)8-10-16/h4-12,19H,1-3H3,(H,18,20)/t12-/m1/s1. The lowest BCUT2D eigenvalue weighted by atomic mass is 10.2. The van der Waals surface area contributed by atoms with Gasteiger partial charge in [-0.25, -0.2) is 8.42 Å². The molecule has 0 aliphatic rings. The van der Waals surface area contributed by atoms with Gasteiger partial charge in [0.2, 0.25) is 15.9 Å². The number of amides is 1. The minimum Gasteiger partial charge on any atom is -0.497 e. The largest absolute Gasteiger partial charge is 0.497 e. The van der Waals surface area contributed by atoms with Crippen molar-refractivity contribution in [2.45, 2.75) is 17.9 Å². The van der Waals surface area contributed by atoms with Gasteiger partial charge in [-0.3, -0.25) is 4.79 Å². The first-order valence-corrected chi connectivity index (χ1v) is 8.95. The molecule has 134 valence electrons. The summed E-state index contributed by atoms with van der Waals surface area (Å²) in [6, 6.07) is 11.7. The van der Waals surface area contributed by atoms with Crippen LogP contribution in [0.3, 0.4) is 0 Å². The highest BCUT2D eigenvalue weighted by Gasteiger charge is 2.22. The van der Waals surface area contributed by atoms with Gasteiger partial charge in [-0.05, 0) is 43.3 Å². The Labute approximate surface area is 147 Å². The van der Waals surface area contributed by atoms with Gasteiger partial charge in [0, 0.05) is 11.8 Å². The van der Waals surface area contributed by atoms with Crippen LogP contribution in [0.5, 0.6) is 11.5 Å². The van der Waals surface area contributed by atoms with E-state index in [-0.39, 0.29) is 4.90 Å². The number of rotatable bonds is 7. The molecule has 0 fully saturated rings. The molecule has 0 aliphatic heterocycles. The van der Waals surface area contributed by atoms with Crippen LogP contribution < -0.4 is 19.5 Å². The van der Waals surface area contributed by atoms with Crippen LogP contribution in [-0.4, -0.2) is 34.6 Å². The van der Waals surface area contributed by atoms with Gasteiger partial charge in [0.05, 0.1) is 25.2 Å². The molecule has 0 aliphatic carbocycles. The predicted octanol–water partition coefficient (Wildman–Crippen LogP) is 2.01. The first-order chi connectivity index (χ1) is 11.9. The summed E-state index contributed by atoms with van der Waals surface area (Å²) in [5, 5.41) is 2.64. The Morgan fingerprint density at radius 2 is 1.64 bits per heavy atom. The number of ether oxygens (including phenoxy) is 2. The van der Waals surface area contributed by atoms with Crippen molar-refractivity contribution in [1.82, 2.24) is 4.72 Å². The van der Waals surface area contributed by atoms with Crippen LogP contribution in [0.15, 0.2) is 53.4 Å². The van der Waals surface area contributed by atoms with Crippen molar-refractivity contribution in [3.63, 3.8) is 0 Å². The van der Waals surface area contributed by atoms with Crippen molar-refractivity contribution in [2.75, 3.05) is 19.5 Å². The molecule has 0 bridgehead atoms. The number of sulfonamides is 1.